The van der Waals surface area contributed by atoms with Crippen molar-refractivity contribution in [1.29, 1.82) is 0 Å². The van der Waals surface area contributed by atoms with Crippen LogP contribution in [0.25, 0.3) is 0 Å². The van der Waals surface area contributed by atoms with Crippen LogP contribution in [0.4, 0.5) is 5.69 Å². The van der Waals surface area contributed by atoms with Gasteiger partial charge in [0.1, 0.15) is 24.1 Å². The number of hydrogen-bond donors (Lipinski definition) is 1. The third kappa shape index (κ3) is 8.02. The van der Waals surface area contributed by atoms with E-state index in [-0.39, 0.29) is 35.2 Å². The van der Waals surface area contributed by atoms with Crippen LogP contribution in [0.1, 0.15) is 22.3 Å². The topological polar surface area (TPSA) is 105 Å². The molecule has 4 rings (SSSR count). The zero-order chi connectivity index (χ0) is 32.6. The molecular weight excluding hydrogens is 590 g/mol. The smallest absolute Gasteiger partial charge is 0.264 e. The van der Waals surface area contributed by atoms with Gasteiger partial charge in [0.05, 0.1) is 24.8 Å². The molecule has 0 unspecified atom stereocenters. The van der Waals surface area contributed by atoms with Gasteiger partial charge in [0.2, 0.25) is 11.8 Å². The van der Waals surface area contributed by atoms with Crippen molar-refractivity contribution in [1.82, 2.24) is 10.2 Å². The predicted molar refractivity (Wildman–Crippen MR) is 175 cm³/mol. The third-order valence-electron chi connectivity index (χ3n) is 7.50. The number of carbonyl (C=O) groups excluding carboxylic acids is 2. The minimum Gasteiger partial charge on any atom is -0.497 e. The molecule has 236 valence electrons. The molecule has 0 saturated heterocycles. The number of sulfonamides is 1. The molecule has 10 heteroatoms. The molecular formula is C35H39N3O6S. The van der Waals surface area contributed by atoms with E-state index >= 15 is 0 Å². The van der Waals surface area contributed by atoms with E-state index in [4.69, 9.17) is 9.47 Å². The SMILES string of the molecule is CNC(=O)[C@H](Cc1ccccc1)N(Cc1cccc(OC)c1)C(=O)CN(c1cc(C)ccc1OC)S(=O)(=O)c1ccc(C)cc1. The van der Waals surface area contributed by atoms with E-state index in [0.717, 1.165) is 21.0 Å². The summed E-state index contributed by atoms with van der Waals surface area (Å²) in [5.41, 5.74) is 3.45. The standard InChI is InChI=1S/C35H39N3O6S/c1-25-14-17-30(18-15-25)45(41,42)38(31-20-26(2)16-19-33(31)44-5)24-34(39)37(23-28-12-9-13-29(21-28)43-4)32(35(40)36-3)22-27-10-7-6-8-11-27/h6-21,32H,22-24H2,1-5H3,(H,36,40)/t32-/m0/s1. The van der Waals surface area contributed by atoms with E-state index in [1.807, 2.05) is 50.2 Å². The number of rotatable bonds is 13. The molecule has 4 aromatic carbocycles. The van der Waals surface area contributed by atoms with Crippen LogP contribution >= 0.6 is 0 Å². The van der Waals surface area contributed by atoms with Crippen LogP contribution in [-0.2, 0) is 32.6 Å². The summed E-state index contributed by atoms with van der Waals surface area (Å²) in [6.45, 7) is 3.15. The number of aryl methyl sites for hydroxylation is 2. The van der Waals surface area contributed by atoms with E-state index < -0.39 is 28.5 Å². The Kier molecular flexibility index (Phi) is 10.9. The van der Waals surface area contributed by atoms with Gasteiger partial charge in [-0.2, -0.15) is 0 Å². The normalized spacial score (nSPS) is 11.8. The molecule has 4 aromatic rings. The van der Waals surface area contributed by atoms with E-state index in [1.165, 1.54) is 31.2 Å². The average molecular weight is 630 g/mol. The van der Waals surface area contributed by atoms with Gasteiger partial charge >= 0.3 is 0 Å². The molecule has 0 heterocycles. The molecule has 9 nitrogen and oxygen atoms in total. The highest BCUT2D eigenvalue weighted by molar-refractivity contribution is 7.92. The number of nitrogens with zero attached hydrogens (tertiary/aromatic N) is 2. The fraction of sp³-hybridized carbons (Fsp3) is 0.257. The van der Waals surface area contributed by atoms with Crippen LogP contribution < -0.4 is 19.1 Å². The first kappa shape index (κ1) is 33.1. The van der Waals surface area contributed by atoms with Gasteiger partial charge < -0.3 is 19.7 Å². The van der Waals surface area contributed by atoms with Crippen LogP contribution in [0.5, 0.6) is 11.5 Å². The van der Waals surface area contributed by atoms with Crippen molar-refractivity contribution in [2.24, 2.45) is 0 Å². The number of hydrogen-bond acceptors (Lipinski definition) is 6. The number of benzene rings is 4. The van der Waals surface area contributed by atoms with Crippen molar-refractivity contribution in [3.8, 4) is 11.5 Å². The summed E-state index contributed by atoms with van der Waals surface area (Å²) in [4.78, 5) is 29.4. The maximum absolute atomic E-state index is 14.5. The molecule has 2 amide bonds. The van der Waals surface area contributed by atoms with Crippen molar-refractivity contribution >= 4 is 27.5 Å². The van der Waals surface area contributed by atoms with Crippen molar-refractivity contribution in [2.45, 2.75) is 37.8 Å². The fourth-order valence-electron chi connectivity index (χ4n) is 5.03. The van der Waals surface area contributed by atoms with Crippen LogP contribution in [0.2, 0.25) is 0 Å². The van der Waals surface area contributed by atoms with Gasteiger partial charge in [-0.25, -0.2) is 8.42 Å². The lowest BCUT2D eigenvalue weighted by atomic mass is 10.0. The molecule has 1 atom stereocenters. The molecule has 0 aliphatic carbocycles. The first-order valence-corrected chi connectivity index (χ1v) is 15.9. The quantitative estimate of drug-likeness (QED) is 0.226. The second-order valence-electron chi connectivity index (χ2n) is 10.7. The van der Waals surface area contributed by atoms with Gasteiger partial charge in [-0.15, -0.1) is 0 Å². The number of anilines is 1. The van der Waals surface area contributed by atoms with Gasteiger partial charge in [0, 0.05) is 20.0 Å². The number of nitrogens with one attached hydrogen (secondary N) is 1. The summed E-state index contributed by atoms with van der Waals surface area (Å²) < 4.78 is 40.6. The largest absolute Gasteiger partial charge is 0.497 e. The van der Waals surface area contributed by atoms with E-state index in [0.29, 0.717) is 11.3 Å². The lowest BCUT2D eigenvalue weighted by Crippen LogP contribution is -2.53. The highest BCUT2D eigenvalue weighted by Crippen LogP contribution is 2.34. The van der Waals surface area contributed by atoms with Crippen LogP contribution in [0, 0.1) is 13.8 Å². The summed E-state index contributed by atoms with van der Waals surface area (Å²) in [7, 11) is 0.254. The second-order valence-corrected chi connectivity index (χ2v) is 12.6. The van der Waals surface area contributed by atoms with E-state index in [9.17, 15) is 18.0 Å². The zero-order valence-corrected chi connectivity index (χ0v) is 27.0. The minimum atomic E-state index is -4.26. The van der Waals surface area contributed by atoms with Gasteiger partial charge in [-0.3, -0.25) is 13.9 Å². The minimum absolute atomic E-state index is 0.0240. The average Bonchev–Trinajstić information content (AvgIpc) is 3.05. The summed E-state index contributed by atoms with van der Waals surface area (Å²) >= 11 is 0. The van der Waals surface area contributed by atoms with E-state index in [2.05, 4.69) is 5.32 Å². The van der Waals surface area contributed by atoms with Crippen molar-refractivity contribution in [3.05, 3.63) is 119 Å². The number of carbonyl (C=O) groups is 2. The molecule has 0 aromatic heterocycles. The Labute approximate surface area is 265 Å². The number of methoxy groups -OCH3 is 2. The molecule has 0 spiro atoms. The number of ether oxygens (including phenoxy) is 2. The maximum atomic E-state index is 14.5. The summed E-state index contributed by atoms with van der Waals surface area (Å²) in [5, 5.41) is 2.69. The lowest BCUT2D eigenvalue weighted by molar-refractivity contribution is -0.139. The Morgan fingerprint density at radius 3 is 2.11 bits per heavy atom. The Morgan fingerprint density at radius 1 is 0.800 bits per heavy atom. The van der Waals surface area contributed by atoms with Crippen molar-refractivity contribution in [3.63, 3.8) is 0 Å². The first-order chi connectivity index (χ1) is 21.6. The molecule has 0 aliphatic heterocycles. The first-order valence-electron chi connectivity index (χ1n) is 14.5. The third-order valence-corrected chi connectivity index (χ3v) is 9.27. The van der Waals surface area contributed by atoms with Gasteiger partial charge in [-0.05, 0) is 66.9 Å². The van der Waals surface area contributed by atoms with Gasteiger partial charge in [0.15, 0.2) is 0 Å². The van der Waals surface area contributed by atoms with Gasteiger partial charge in [0.25, 0.3) is 10.0 Å². The second kappa shape index (κ2) is 14.8. The Morgan fingerprint density at radius 2 is 1.47 bits per heavy atom. The van der Waals surface area contributed by atoms with E-state index in [1.54, 1.807) is 55.6 Å². The maximum Gasteiger partial charge on any atom is 0.264 e. The molecule has 1 N–H and O–H groups in total. The van der Waals surface area contributed by atoms with Crippen LogP contribution in [-0.4, -0.2) is 59.0 Å². The summed E-state index contributed by atoms with van der Waals surface area (Å²) in [6, 6.07) is 27.2. The molecule has 45 heavy (non-hydrogen) atoms. The Hall–Kier alpha value is -4.83. The molecule has 0 aliphatic rings. The Bertz CT molecular complexity index is 1730. The highest BCUT2D eigenvalue weighted by Gasteiger charge is 2.35. The summed E-state index contributed by atoms with van der Waals surface area (Å²) in [5.74, 6) is -0.0686. The number of amides is 2. The fourth-order valence-corrected chi connectivity index (χ4v) is 6.45. The van der Waals surface area contributed by atoms with Gasteiger partial charge in [-0.1, -0.05) is 66.2 Å². The van der Waals surface area contributed by atoms with Crippen LogP contribution in [0.3, 0.4) is 0 Å². The predicted octanol–water partition coefficient (Wildman–Crippen LogP) is 4.90. The van der Waals surface area contributed by atoms with Crippen molar-refractivity contribution < 1.29 is 27.5 Å². The lowest BCUT2D eigenvalue weighted by Gasteiger charge is -2.34. The monoisotopic (exact) mass is 629 g/mol. The van der Waals surface area contributed by atoms with Crippen LogP contribution in [0.15, 0.2) is 102 Å². The highest BCUT2D eigenvalue weighted by atomic mass is 32.2. The zero-order valence-electron chi connectivity index (χ0n) is 26.2. The molecule has 0 saturated carbocycles. The number of likely N-dealkylation sites (N-methyl/N-ethyl adjacent to an activating group) is 1. The molecule has 0 fully saturated rings. The summed E-state index contributed by atoms with van der Waals surface area (Å²) in [6.07, 6.45) is 0.217. The molecule has 0 bridgehead atoms. The molecule has 0 radical (unpaired) electrons. The Balaban J connectivity index is 1.84. The van der Waals surface area contributed by atoms with Crippen molar-refractivity contribution in [2.75, 3.05) is 32.1 Å².